The fourth-order valence-electron chi connectivity index (χ4n) is 3.16. The Labute approximate surface area is 160 Å². The van der Waals surface area contributed by atoms with Crippen LogP contribution in [0.25, 0.3) is 0 Å². The van der Waals surface area contributed by atoms with Gasteiger partial charge in [-0.3, -0.25) is 4.79 Å². The topological polar surface area (TPSA) is 73.1 Å². The number of hydrogen-bond acceptors (Lipinski definition) is 5. The lowest BCUT2D eigenvalue weighted by Crippen LogP contribution is -2.49. The molecular formula is C21H25N5O. The molecule has 1 fully saturated rings. The van der Waals surface area contributed by atoms with Gasteiger partial charge in [-0.15, -0.1) is 0 Å². The predicted molar refractivity (Wildman–Crippen MR) is 105 cm³/mol. The zero-order valence-corrected chi connectivity index (χ0v) is 16.4. The summed E-state index contributed by atoms with van der Waals surface area (Å²) in [5, 5.41) is 9.08. The monoisotopic (exact) mass is 363 g/mol. The summed E-state index contributed by atoms with van der Waals surface area (Å²) in [4.78, 5) is 25.4. The predicted octanol–water partition coefficient (Wildman–Crippen LogP) is 2.92. The van der Waals surface area contributed by atoms with Gasteiger partial charge in [0.2, 0.25) is 5.95 Å². The van der Waals surface area contributed by atoms with Crippen molar-refractivity contribution >= 4 is 11.9 Å². The van der Waals surface area contributed by atoms with Crippen LogP contribution in [-0.4, -0.2) is 47.0 Å². The normalized spacial score (nSPS) is 14.8. The average molecular weight is 363 g/mol. The van der Waals surface area contributed by atoms with Crippen LogP contribution in [-0.2, 0) is 5.41 Å². The number of nitrogens with zero attached hydrogens (tertiary/aromatic N) is 5. The molecule has 3 rings (SSSR count). The number of nitriles is 1. The summed E-state index contributed by atoms with van der Waals surface area (Å²) in [6, 6.07) is 11.6. The van der Waals surface area contributed by atoms with Crippen LogP contribution in [0.3, 0.4) is 0 Å². The molecule has 1 aromatic heterocycles. The van der Waals surface area contributed by atoms with E-state index in [1.54, 1.807) is 6.07 Å². The summed E-state index contributed by atoms with van der Waals surface area (Å²) in [6.45, 7) is 10.9. The Bertz CT molecular complexity index is 869. The van der Waals surface area contributed by atoms with E-state index in [1.165, 1.54) is 5.56 Å². The summed E-state index contributed by atoms with van der Waals surface area (Å²) in [5.74, 6) is 0.617. The van der Waals surface area contributed by atoms with Crippen LogP contribution in [0, 0.1) is 18.3 Å². The third-order valence-electron chi connectivity index (χ3n) is 4.80. The van der Waals surface area contributed by atoms with E-state index in [0.29, 0.717) is 37.8 Å². The van der Waals surface area contributed by atoms with Gasteiger partial charge in [-0.1, -0.05) is 32.9 Å². The molecule has 0 unspecified atom stereocenters. The number of benzene rings is 1. The molecular weight excluding hydrogens is 338 g/mol. The van der Waals surface area contributed by atoms with Crippen molar-refractivity contribution in [2.75, 3.05) is 31.1 Å². The van der Waals surface area contributed by atoms with Gasteiger partial charge in [0.15, 0.2) is 0 Å². The minimum atomic E-state index is 0.0537. The number of rotatable bonds is 2. The van der Waals surface area contributed by atoms with E-state index >= 15 is 0 Å². The van der Waals surface area contributed by atoms with Gasteiger partial charge >= 0.3 is 0 Å². The third kappa shape index (κ3) is 4.25. The van der Waals surface area contributed by atoms with Crippen LogP contribution >= 0.6 is 0 Å². The SMILES string of the molecule is Cc1cc(C#N)nc(N2CCN(C(=O)c3ccc(C(C)(C)C)cc3)CC2)n1. The maximum atomic E-state index is 12.8. The highest BCUT2D eigenvalue weighted by molar-refractivity contribution is 5.94. The molecule has 0 atom stereocenters. The molecule has 1 amide bonds. The van der Waals surface area contributed by atoms with Gasteiger partial charge < -0.3 is 9.80 Å². The number of hydrogen-bond donors (Lipinski definition) is 0. The van der Waals surface area contributed by atoms with Crippen molar-refractivity contribution in [1.29, 1.82) is 5.26 Å². The molecule has 6 heteroatoms. The van der Waals surface area contributed by atoms with Crippen molar-refractivity contribution in [3.63, 3.8) is 0 Å². The van der Waals surface area contributed by atoms with Crippen molar-refractivity contribution in [2.24, 2.45) is 0 Å². The van der Waals surface area contributed by atoms with Crippen LogP contribution in [0.1, 0.15) is 48.1 Å². The van der Waals surface area contributed by atoms with Crippen LogP contribution in [0.5, 0.6) is 0 Å². The van der Waals surface area contributed by atoms with E-state index in [4.69, 9.17) is 5.26 Å². The molecule has 0 saturated carbocycles. The Morgan fingerprint density at radius 3 is 2.26 bits per heavy atom. The molecule has 0 N–H and O–H groups in total. The molecule has 1 aromatic carbocycles. The first kappa shape index (κ1) is 18.8. The van der Waals surface area contributed by atoms with Crippen LogP contribution in [0.15, 0.2) is 30.3 Å². The highest BCUT2D eigenvalue weighted by Crippen LogP contribution is 2.23. The highest BCUT2D eigenvalue weighted by atomic mass is 16.2. The Balaban J connectivity index is 1.66. The fraction of sp³-hybridized carbons (Fsp3) is 0.429. The van der Waals surface area contributed by atoms with Gasteiger partial charge in [0.05, 0.1) is 0 Å². The minimum absolute atomic E-state index is 0.0537. The van der Waals surface area contributed by atoms with Crippen molar-refractivity contribution < 1.29 is 4.79 Å². The summed E-state index contributed by atoms with van der Waals surface area (Å²) >= 11 is 0. The Kier molecular flexibility index (Phi) is 5.13. The van der Waals surface area contributed by atoms with Crippen molar-refractivity contribution in [2.45, 2.75) is 33.1 Å². The maximum absolute atomic E-state index is 12.8. The van der Waals surface area contributed by atoms with E-state index in [2.05, 4.69) is 36.8 Å². The minimum Gasteiger partial charge on any atom is -0.337 e. The smallest absolute Gasteiger partial charge is 0.253 e. The summed E-state index contributed by atoms with van der Waals surface area (Å²) in [6.07, 6.45) is 0. The van der Waals surface area contributed by atoms with E-state index in [-0.39, 0.29) is 11.3 Å². The van der Waals surface area contributed by atoms with Gasteiger partial charge in [0.25, 0.3) is 5.91 Å². The number of anilines is 1. The standard InChI is InChI=1S/C21H25N5O/c1-15-13-18(14-22)24-20(23-15)26-11-9-25(10-12-26)19(27)16-5-7-17(8-6-16)21(2,3)4/h5-8,13H,9-12H2,1-4H3. The second kappa shape index (κ2) is 7.36. The van der Waals surface area contributed by atoms with E-state index in [1.807, 2.05) is 41.0 Å². The first-order valence-corrected chi connectivity index (χ1v) is 9.18. The molecule has 1 saturated heterocycles. The Morgan fingerprint density at radius 1 is 1.07 bits per heavy atom. The molecule has 0 aliphatic carbocycles. The van der Waals surface area contributed by atoms with Crippen LogP contribution in [0.4, 0.5) is 5.95 Å². The van der Waals surface area contributed by atoms with Gasteiger partial charge in [-0.25, -0.2) is 9.97 Å². The van der Waals surface area contributed by atoms with Crippen molar-refractivity contribution in [3.8, 4) is 6.07 Å². The maximum Gasteiger partial charge on any atom is 0.253 e. The first-order valence-electron chi connectivity index (χ1n) is 9.18. The molecule has 2 heterocycles. The molecule has 140 valence electrons. The molecule has 6 nitrogen and oxygen atoms in total. The zero-order valence-electron chi connectivity index (χ0n) is 16.4. The molecule has 1 aliphatic heterocycles. The molecule has 2 aromatic rings. The number of piperazine rings is 1. The highest BCUT2D eigenvalue weighted by Gasteiger charge is 2.24. The summed E-state index contributed by atoms with van der Waals surface area (Å²) in [7, 11) is 0. The van der Waals surface area contributed by atoms with E-state index in [0.717, 1.165) is 11.3 Å². The first-order chi connectivity index (χ1) is 12.8. The average Bonchev–Trinajstić information content (AvgIpc) is 2.66. The second-order valence-corrected chi connectivity index (χ2v) is 7.91. The largest absolute Gasteiger partial charge is 0.337 e. The number of aromatic nitrogens is 2. The third-order valence-corrected chi connectivity index (χ3v) is 4.80. The van der Waals surface area contributed by atoms with E-state index < -0.39 is 0 Å². The zero-order chi connectivity index (χ0) is 19.6. The fourth-order valence-corrected chi connectivity index (χ4v) is 3.16. The summed E-state index contributed by atoms with van der Waals surface area (Å²) < 4.78 is 0. The van der Waals surface area contributed by atoms with Gasteiger partial charge in [-0.05, 0) is 36.1 Å². The quantitative estimate of drug-likeness (QED) is 0.820. The van der Waals surface area contributed by atoms with Gasteiger partial charge in [0.1, 0.15) is 11.8 Å². The Morgan fingerprint density at radius 2 is 1.70 bits per heavy atom. The second-order valence-electron chi connectivity index (χ2n) is 7.91. The molecule has 0 radical (unpaired) electrons. The van der Waals surface area contributed by atoms with Gasteiger partial charge in [0, 0.05) is 37.4 Å². The van der Waals surface area contributed by atoms with Crippen LogP contribution < -0.4 is 4.90 Å². The number of carbonyl (C=O) groups is 1. The Hall–Kier alpha value is -2.94. The molecule has 0 bridgehead atoms. The van der Waals surface area contributed by atoms with Crippen LogP contribution in [0.2, 0.25) is 0 Å². The van der Waals surface area contributed by atoms with E-state index in [9.17, 15) is 4.79 Å². The molecule has 1 aliphatic rings. The van der Waals surface area contributed by atoms with Crippen molar-refractivity contribution in [1.82, 2.24) is 14.9 Å². The molecule has 27 heavy (non-hydrogen) atoms. The van der Waals surface area contributed by atoms with Crippen molar-refractivity contribution in [3.05, 3.63) is 52.8 Å². The molecule has 0 spiro atoms. The van der Waals surface area contributed by atoms with Gasteiger partial charge in [-0.2, -0.15) is 5.26 Å². The summed E-state index contributed by atoms with van der Waals surface area (Å²) in [5.41, 5.74) is 3.15. The lowest BCUT2D eigenvalue weighted by Gasteiger charge is -2.35. The number of amides is 1. The number of carbonyl (C=O) groups excluding carboxylic acids is 1. The lowest BCUT2D eigenvalue weighted by molar-refractivity contribution is 0.0746. The number of aryl methyl sites for hydroxylation is 1. The lowest BCUT2D eigenvalue weighted by atomic mass is 9.86.